The van der Waals surface area contributed by atoms with E-state index in [9.17, 15) is 22.8 Å². The van der Waals surface area contributed by atoms with Crippen molar-refractivity contribution in [2.75, 3.05) is 43.4 Å². The number of anilines is 2. The van der Waals surface area contributed by atoms with Crippen molar-refractivity contribution >= 4 is 34.8 Å². The van der Waals surface area contributed by atoms with Crippen LogP contribution in [0.5, 0.6) is 0 Å². The fourth-order valence-electron chi connectivity index (χ4n) is 4.26. The van der Waals surface area contributed by atoms with E-state index in [0.29, 0.717) is 18.7 Å². The number of pyridine rings is 1. The van der Waals surface area contributed by atoms with Crippen LogP contribution in [0.4, 0.5) is 24.5 Å². The third kappa shape index (κ3) is 7.09. The van der Waals surface area contributed by atoms with Gasteiger partial charge in [0, 0.05) is 67.1 Å². The number of nitrogens with one attached hydrogen (secondary N) is 2. The Labute approximate surface area is 223 Å². The molecule has 0 radical (unpaired) electrons. The molecule has 1 aliphatic rings. The first-order valence-corrected chi connectivity index (χ1v) is 12.5. The number of halogens is 4. The number of hydrogen-bond acceptors (Lipinski definition) is 5. The monoisotopic (exact) mass is 545 g/mol. The predicted molar refractivity (Wildman–Crippen MR) is 140 cm³/mol. The van der Waals surface area contributed by atoms with Crippen molar-refractivity contribution in [1.82, 2.24) is 14.8 Å². The van der Waals surface area contributed by atoms with E-state index in [1.807, 2.05) is 4.90 Å². The Morgan fingerprint density at radius 1 is 0.921 bits per heavy atom. The molecule has 200 valence electrons. The van der Waals surface area contributed by atoms with Gasteiger partial charge in [-0.2, -0.15) is 13.2 Å². The highest BCUT2D eigenvalue weighted by Crippen LogP contribution is 2.35. The van der Waals surface area contributed by atoms with Gasteiger partial charge in [-0.1, -0.05) is 24.6 Å². The van der Waals surface area contributed by atoms with Gasteiger partial charge in [-0.25, -0.2) is 0 Å². The highest BCUT2D eigenvalue weighted by molar-refractivity contribution is 6.31. The van der Waals surface area contributed by atoms with Crippen LogP contribution in [0.25, 0.3) is 0 Å². The van der Waals surface area contributed by atoms with E-state index in [0.717, 1.165) is 25.7 Å². The molecule has 1 saturated heterocycles. The van der Waals surface area contributed by atoms with Gasteiger partial charge in [-0.3, -0.25) is 19.5 Å². The van der Waals surface area contributed by atoms with Crippen LogP contribution < -0.4 is 10.6 Å². The summed E-state index contributed by atoms with van der Waals surface area (Å²) in [6.45, 7) is 6.17. The molecule has 2 amide bonds. The van der Waals surface area contributed by atoms with E-state index in [2.05, 4.69) is 27.4 Å². The van der Waals surface area contributed by atoms with Crippen LogP contribution in [0, 0.1) is 0 Å². The minimum Gasteiger partial charge on any atom is -0.322 e. The molecule has 1 aliphatic heterocycles. The number of likely N-dealkylation sites (N-methyl/N-ethyl adjacent to an activating group) is 1. The maximum Gasteiger partial charge on any atom is 0.416 e. The fraction of sp³-hybridized carbons (Fsp3) is 0.296. The van der Waals surface area contributed by atoms with Crippen LogP contribution in [0.3, 0.4) is 0 Å². The molecule has 7 nitrogen and oxygen atoms in total. The second-order valence-corrected chi connectivity index (χ2v) is 9.40. The molecule has 0 bridgehead atoms. The highest BCUT2D eigenvalue weighted by Gasteiger charge is 2.34. The SMILES string of the molecule is CCN1CCN(Cc2ccc(NC(=O)c3cc(Cl)cc(NC(=O)c4cccnc4)c3)cc2C(F)(F)F)CC1. The van der Waals surface area contributed by atoms with Gasteiger partial charge in [0.2, 0.25) is 0 Å². The number of piperazine rings is 1. The zero-order chi connectivity index (χ0) is 27.3. The van der Waals surface area contributed by atoms with Gasteiger partial charge in [0.15, 0.2) is 0 Å². The standard InChI is InChI=1S/C27H27ClF3N5O2/c1-2-35-8-10-36(11-9-35)17-19-5-6-22(15-24(19)27(29,30)31)33-26(38)20-12-21(28)14-23(13-20)34-25(37)18-4-3-7-32-16-18/h3-7,12-16H,2,8-11,17H2,1H3,(H,33,38)(H,34,37). The lowest BCUT2D eigenvalue weighted by Crippen LogP contribution is -2.45. The number of alkyl halides is 3. The number of amides is 2. The highest BCUT2D eigenvalue weighted by atomic mass is 35.5. The van der Waals surface area contributed by atoms with Crippen molar-refractivity contribution in [2.24, 2.45) is 0 Å². The van der Waals surface area contributed by atoms with Crippen molar-refractivity contribution in [2.45, 2.75) is 19.6 Å². The normalized spacial score (nSPS) is 14.8. The summed E-state index contributed by atoms with van der Waals surface area (Å²) in [5.74, 6) is -1.12. The largest absolute Gasteiger partial charge is 0.416 e. The van der Waals surface area contributed by atoms with E-state index < -0.39 is 23.6 Å². The summed E-state index contributed by atoms with van der Waals surface area (Å²) >= 11 is 6.14. The van der Waals surface area contributed by atoms with Crippen molar-refractivity contribution in [3.63, 3.8) is 0 Å². The van der Waals surface area contributed by atoms with Crippen molar-refractivity contribution in [3.05, 3.63) is 88.2 Å². The average Bonchev–Trinajstić information content (AvgIpc) is 2.89. The summed E-state index contributed by atoms with van der Waals surface area (Å²) in [7, 11) is 0. The topological polar surface area (TPSA) is 77.6 Å². The van der Waals surface area contributed by atoms with Gasteiger partial charge in [0.25, 0.3) is 11.8 Å². The first-order valence-electron chi connectivity index (χ1n) is 12.1. The maximum atomic E-state index is 13.9. The summed E-state index contributed by atoms with van der Waals surface area (Å²) < 4.78 is 41.8. The Hall–Kier alpha value is -3.47. The zero-order valence-corrected chi connectivity index (χ0v) is 21.4. The minimum atomic E-state index is -4.58. The van der Waals surface area contributed by atoms with E-state index >= 15 is 0 Å². The molecule has 0 aliphatic carbocycles. The van der Waals surface area contributed by atoms with Gasteiger partial charge in [-0.15, -0.1) is 0 Å². The number of nitrogens with zero attached hydrogens (tertiary/aromatic N) is 3. The lowest BCUT2D eigenvalue weighted by atomic mass is 10.0. The third-order valence-corrected chi connectivity index (χ3v) is 6.54. The van der Waals surface area contributed by atoms with E-state index in [-0.39, 0.29) is 34.1 Å². The van der Waals surface area contributed by atoms with Gasteiger partial charge >= 0.3 is 6.18 Å². The Balaban J connectivity index is 1.49. The van der Waals surface area contributed by atoms with Crippen LogP contribution in [0.15, 0.2) is 60.9 Å². The first-order chi connectivity index (χ1) is 18.1. The fourth-order valence-corrected chi connectivity index (χ4v) is 4.49. The maximum absolute atomic E-state index is 13.9. The molecule has 0 saturated carbocycles. The smallest absolute Gasteiger partial charge is 0.322 e. The number of aromatic nitrogens is 1. The lowest BCUT2D eigenvalue weighted by molar-refractivity contribution is -0.138. The molecule has 1 aromatic heterocycles. The second kappa shape index (κ2) is 11.9. The summed E-state index contributed by atoms with van der Waals surface area (Å²) in [6.07, 6.45) is -1.66. The zero-order valence-electron chi connectivity index (χ0n) is 20.7. The average molecular weight is 546 g/mol. The molecule has 4 rings (SSSR count). The molecule has 0 spiro atoms. The van der Waals surface area contributed by atoms with Gasteiger partial charge < -0.3 is 15.5 Å². The molecule has 0 unspecified atom stereocenters. The van der Waals surface area contributed by atoms with Crippen LogP contribution in [0.1, 0.15) is 38.8 Å². The van der Waals surface area contributed by atoms with Crippen LogP contribution >= 0.6 is 11.6 Å². The van der Waals surface area contributed by atoms with Crippen LogP contribution in [-0.2, 0) is 12.7 Å². The van der Waals surface area contributed by atoms with Gasteiger partial charge in [-0.05, 0) is 54.6 Å². The molecular weight excluding hydrogens is 519 g/mol. The molecule has 1 fully saturated rings. The summed E-state index contributed by atoms with van der Waals surface area (Å²) in [5, 5.41) is 5.33. The quantitative estimate of drug-likeness (QED) is 0.416. The molecular formula is C27H27ClF3N5O2. The second-order valence-electron chi connectivity index (χ2n) is 8.96. The molecule has 11 heteroatoms. The Kier molecular flexibility index (Phi) is 8.65. The third-order valence-electron chi connectivity index (χ3n) is 6.32. The molecule has 2 heterocycles. The number of rotatable bonds is 7. The lowest BCUT2D eigenvalue weighted by Gasteiger charge is -2.34. The summed E-state index contributed by atoms with van der Waals surface area (Å²) in [6, 6.07) is 11.2. The van der Waals surface area contributed by atoms with E-state index in [4.69, 9.17) is 11.6 Å². The number of carbonyl (C=O) groups is 2. The molecule has 2 N–H and O–H groups in total. The molecule has 2 aromatic carbocycles. The summed E-state index contributed by atoms with van der Waals surface area (Å²) in [4.78, 5) is 33.5. The Morgan fingerprint density at radius 2 is 1.61 bits per heavy atom. The molecule has 0 atom stereocenters. The molecule has 38 heavy (non-hydrogen) atoms. The van der Waals surface area contributed by atoms with E-state index in [1.165, 1.54) is 42.7 Å². The Morgan fingerprint density at radius 3 is 2.26 bits per heavy atom. The number of carbonyl (C=O) groups excluding carboxylic acids is 2. The summed E-state index contributed by atoms with van der Waals surface area (Å²) in [5.41, 5.74) is 0.0112. The van der Waals surface area contributed by atoms with Crippen LogP contribution in [-0.4, -0.2) is 59.3 Å². The molecule has 3 aromatic rings. The van der Waals surface area contributed by atoms with Crippen molar-refractivity contribution in [1.29, 1.82) is 0 Å². The minimum absolute atomic E-state index is 0.00259. The van der Waals surface area contributed by atoms with E-state index in [1.54, 1.807) is 12.1 Å². The van der Waals surface area contributed by atoms with Gasteiger partial charge in [0.05, 0.1) is 11.1 Å². The Bertz CT molecular complexity index is 1300. The van der Waals surface area contributed by atoms with Crippen LogP contribution in [0.2, 0.25) is 5.02 Å². The first kappa shape index (κ1) is 27.6. The predicted octanol–water partition coefficient (Wildman–Crippen LogP) is 5.40. The van der Waals surface area contributed by atoms with Gasteiger partial charge in [0.1, 0.15) is 0 Å². The number of benzene rings is 2. The number of hydrogen-bond donors (Lipinski definition) is 2. The van der Waals surface area contributed by atoms with Crippen molar-refractivity contribution in [3.8, 4) is 0 Å². The van der Waals surface area contributed by atoms with Crippen molar-refractivity contribution < 1.29 is 22.8 Å².